The summed E-state index contributed by atoms with van der Waals surface area (Å²) in [6, 6.07) is 17.4. The first-order valence-corrected chi connectivity index (χ1v) is 10.6. The van der Waals surface area contributed by atoms with Crippen molar-refractivity contribution in [2.75, 3.05) is 28.4 Å². The number of methoxy groups -OCH3 is 4. The third-order valence-corrected chi connectivity index (χ3v) is 5.28. The highest BCUT2D eigenvalue weighted by atomic mass is 16.5. The largest absolute Gasteiger partial charge is 0.497 e. The number of rotatable bonds is 10. The normalized spacial score (nSPS) is 10.2. The lowest BCUT2D eigenvalue weighted by Gasteiger charge is -2.14. The Hall–Kier alpha value is -4.20. The molecule has 0 aliphatic carbocycles. The Morgan fingerprint density at radius 2 is 1.03 bits per heavy atom. The fourth-order valence-electron chi connectivity index (χ4n) is 3.42. The highest BCUT2D eigenvalue weighted by Crippen LogP contribution is 2.25. The van der Waals surface area contributed by atoms with Crippen LogP contribution in [0.1, 0.15) is 31.8 Å². The average Bonchev–Trinajstić information content (AvgIpc) is 2.89. The van der Waals surface area contributed by atoms with E-state index < -0.39 is 0 Å². The zero-order valence-electron chi connectivity index (χ0n) is 19.6. The second-order valence-electron chi connectivity index (χ2n) is 7.27. The van der Waals surface area contributed by atoms with Crippen molar-refractivity contribution < 1.29 is 28.5 Å². The quantitative estimate of drug-likeness (QED) is 0.476. The minimum absolute atomic E-state index is 0.227. The molecule has 2 amide bonds. The number of hydrogen-bond donors (Lipinski definition) is 2. The lowest BCUT2D eigenvalue weighted by molar-refractivity contribution is 0.0916. The SMILES string of the molecule is COc1ccc(CNC(=O)c2ccccc2C(=O)NCc2ccc(OC)cc2OC)c(OC)c1. The molecule has 8 nitrogen and oxygen atoms in total. The zero-order valence-corrected chi connectivity index (χ0v) is 19.6. The molecule has 8 heteroatoms. The molecule has 0 aromatic heterocycles. The molecule has 0 saturated heterocycles. The highest BCUT2D eigenvalue weighted by molar-refractivity contribution is 6.07. The van der Waals surface area contributed by atoms with Gasteiger partial charge in [0.05, 0.1) is 39.6 Å². The topological polar surface area (TPSA) is 95.1 Å². The van der Waals surface area contributed by atoms with E-state index in [1.165, 1.54) is 0 Å². The Labute approximate surface area is 198 Å². The van der Waals surface area contributed by atoms with Crippen LogP contribution >= 0.6 is 0 Å². The maximum atomic E-state index is 12.9. The van der Waals surface area contributed by atoms with Crippen molar-refractivity contribution >= 4 is 11.8 Å². The summed E-state index contributed by atoms with van der Waals surface area (Å²) >= 11 is 0. The van der Waals surface area contributed by atoms with Gasteiger partial charge in [-0.25, -0.2) is 0 Å². The van der Waals surface area contributed by atoms with Crippen molar-refractivity contribution in [1.82, 2.24) is 10.6 Å². The molecule has 0 radical (unpaired) electrons. The second kappa shape index (κ2) is 11.6. The Balaban J connectivity index is 1.70. The maximum Gasteiger partial charge on any atom is 0.252 e. The Kier molecular flexibility index (Phi) is 8.34. The molecule has 0 fully saturated rings. The third-order valence-electron chi connectivity index (χ3n) is 5.28. The Morgan fingerprint density at radius 1 is 0.618 bits per heavy atom. The fraction of sp³-hybridized carbons (Fsp3) is 0.231. The van der Waals surface area contributed by atoms with Gasteiger partial charge < -0.3 is 29.6 Å². The monoisotopic (exact) mass is 464 g/mol. The summed E-state index contributed by atoms with van der Waals surface area (Å²) < 4.78 is 21.2. The van der Waals surface area contributed by atoms with Gasteiger partial charge in [-0.2, -0.15) is 0 Å². The van der Waals surface area contributed by atoms with Crippen molar-refractivity contribution in [3.63, 3.8) is 0 Å². The van der Waals surface area contributed by atoms with Crippen molar-refractivity contribution in [1.29, 1.82) is 0 Å². The van der Waals surface area contributed by atoms with Crippen LogP contribution in [0.2, 0.25) is 0 Å². The number of amides is 2. The molecule has 0 aliphatic rings. The molecule has 0 saturated carbocycles. The lowest BCUT2D eigenvalue weighted by atomic mass is 10.1. The van der Waals surface area contributed by atoms with E-state index in [1.54, 1.807) is 77.0 Å². The first-order chi connectivity index (χ1) is 16.5. The minimum atomic E-state index is -0.370. The first kappa shape index (κ1) is 24.4. The van der Waals surface area contributed by atoms with E-state index >= 15 is 0 Å². The predicted molar refractivity (Wildman–Crippen MR) is 128 cm³/mol. The van der Waals surface area contributed by atoms with Crippen molar-refractivity contribution in [3.05, 3.63) is 82.9 Å². The van der Waals surface area contributed by atoms with Gasteiger partial charge in [0.2, 0.25) is 0 Å². The van der Waals surface area contributed by atoms with Gasteiger partial charge in [-0.15, -0.1) is 0 Å². The van der Waals surface area contributed by atoms with Crippen LogP contribution in [0.4, 0.5) is 0 Å². The van der Waals surface area contributed by atoms with Crippen LogP contribution in [-0.2, 0) is 13.1 Å². The summed E-state index contributed by atoms with van der Waals surface area (Å²) in [4.78, 5) is 25.8. The summed E-state index contributed by atoms with van der Waals surface area (Å²) in [5.41, 5.74) is 2.11. The lowest BCUT2D eigenvalue weighted by Crippen LogP contribution is -2.29. The smallest absolute Gasteiger partial charge is 0.252 e. The molecule has 3 aromatic carbocycles. The van der Waals surface area contributed by atoms with Gasteiger partial charge >= 0.3 is 0 Å². The molecule has 2 N–H and O–H groups in total. The van der Waals surface area contributed by atoms with Crippen LogP contribution in [0, 0.1) is 0 Å². The molecule has 178 valence electrons. The van der Waals surface area contributed by atoms with Crippen LogP contribution in [-0.4, -0.2) is 40.3 Å². The number of benzene rings is 3. The number of ether oxygens (including phenoxy) is 4. The van der Waals surface area contributed by atoms with E-state index in [2.05, 4.69) is 10.6 Å². The van der Waals surface area contributed by atoms with E-state index in [1.807, 2.05) is 12.1 Å². The summed E-state index contributed by atoms with van der Waals surface area (Å²) in [6.07, 6.45) is 0. The van der Waals surface area contributed by atoms with Crippen LogP contribution in [0.25, 0.3) is 0 Å². The molecule has 0 bridgehead atoms. The van der Waals surface area contributed by atoms with Gasteiger partial charge in [0, 0.05) is 36.3 Å². The summed E-state index contributed by atoms with van der Waals surface area (Å²) in [6.45, 7) is 0.454. The molecule has 3 rings (SSSR count). The molecule has 3 aromatic rings. The average molecular weight is 465 g/mol. The number of nitrogens with one attached hydrogen (secondary N) is 2. The van der Waals surface area contributed by atoms with Crippen LogP contribution in [0.5, 0.6) is 23.0 Å². The van der Waals surface area contributed by atoms with Gasteiger partial charge in [-0.1, -0.05) is 12.1 Å². The molecular weight excluding hydrogens is 436 g/mol. The first-order valence-electron chi connectivity index (χ1n) is 10.6. The van der Waals surface area contributed by atoms with Crippen molar-refractivity contribution in [3.8, 4) is 23.0 Å². The molecule has 0 spiro atoms. The van der Waals surface area contributed by atoms with E-state index in [-0.39, 0.29) is 36.0 Å². The zero-order chi connectivity index (χ0) is 24.5. The third kappa shape index (κ3) is 5.78. The number of carbonyl (C=O) groups excluding carboxylic acids is 2. The molecule has 0 aliphatic heterocycles. The minimum Gasteiger partial charge on any atom is -0.497 e. The van der Waals surface area contributed by atoms with E-state index in [0.717, 1.165) is 11.1 Å². The standard InChI is InChI=1S/C26H28N2O6/c1-31-19-11-9-17(23(13-19)33-3)15-27-25(29)21-7-5-6-8-22(21)26(30)28-16-18-10-12-20(32-2)14-24(18)34-4/h5-14H,15-16H2,1-4H3,(H,27,29)(H,28,30). The van der Waals surface area contributed by atoms with Gasteiger partial charge in [-0.05, 0) is 36.4 Å². The van der Waals surface area contributed by atoms with E-state index in [0.29, 0.717) is 23.0 Å². The van der Waals surface area contributed by atoms with Gasteiger partial charge in [0.25, 0.3) is 11.8 Å². The summed E-state index contributed by atoms with van der Waals surface area (Å²) in [5, 5.41) is 5.71. The van der Waals surface area contributed by atoms with Crippen LogP contribution in [0.3, 0.4) is 0 Å². The maximum absolute atomic E-state index is 12.9. The van der Waals surface area contributed by atoms with Crippen LogP contribution in [0.15, 0.2) is 60.7 Å². The molecular formula is C26H28N2O6. The molecule has 0 heterocycles. The van der Waals surface area contributed by atoms with Crippen molar-refractivity contribution in [2.45, 2.75) is 13.1 Å². The van der Waals surface area contributed by atoms with E-state index in [4.69, 9.17) is 18.9 Å². The number of hydrogen-bond acceptors (Lipinski definition) is 6. The second-order valence-corrected chi connectivity index (χ2v) is 7.27. The Morgan fingerprint density at radius 3 is 1.38 bits per heavy atom. The van der Waals surface area contributed by atoms with Gasteiger partial charge in [0.15, 0.2) is 0 Å². The molecule has 0 atom stereocenters. The van der Waals surface area contributed by atoms with E-state index in [9.17, 15) is 9.59 Å². The van der Waals surface area contributed by atoms with Crippen molar-refractivity contribution in [2.24, 2.45) is 0 Å². The predicted octanol–water partition coefficient (Wildman–Crippen LogP) is 3.58. The summed E-state index contributed by atoms with van der Waals surface area (Å²) in [7, 11) is 6.25. The fourth-order valence-corrected chi connectivity index (χ4v) is 3.42. The van der Waals surface area contributed by atoms with Gasteiger partial charge in [0.1, 0.15) is 23.0 Å². The van der Waals surface area contributed by atoms with Gasteiger partial charge in [-0.3, -0.25) is 9.59 Å². The molecule has 34 heavy (non-hydrogen) atoms. The van der Waals surface area contributed by atoms with Crippen LogP contribution < -0.4 is 29.6 Å². The highest BCUT2D eigenvalue weighted by Gasteiger charge is 2.17. The summed E-state index contributed by atoms with van der Waals surface area (Å²) in [5.74, 6) is 1.76. The Bertz CT molecular complexity index is 1070. The molecule has 0 unspecified atom stereocenters. The number of carbonyl (C=O) groups is 2.